The molecule has 1 aliphatic heterocycles. The Hall–Kier alpha value is -5.54. The van der Waals surface area contributed by atoms with Crippen LogP contribution in [0.5, 0.6) is 11.5 Å². The van der Waals surface area contributed by atoms with Gasteiger partial charge < -0.3 is 24.7 Å². The van der Waals surface area contributed by atoms with Crippen molar-refractivity contribution in [1.82, 2.24) is 25.0 Å². The molecule has 10 heteroatoms. The number of aromatic nitrogens is 3. The first kappa shape index (κ1) is 39.2. The SMILES string of the molecule is C=C(Cl)/C(C)=C\C(=C/CC)OCCCc1c(C(=O)N2CCC(NC(=O)c3cccc(Oc4ccccc4)c3)CC2)[nH]c2c(-c3c(C)nn(C)c3C)cccc12. The van der Waals surface area contributed by atoms with Gasteiger partial charge in [0.1, 0.15) is 23.0 Å². The Bertz CT molecular complexity index is 2240. The number of para-hydroxylation sites is 2. The van der Waals surface area contributed by atoms with E-state index < -0.39 is 0 Å². The molecule has 9 nitrogen and oxygen atoms in total. The lowest BCUT2D eigenvalue weighted by molar-refractivity contribution is 0.0692. The fourth-order valence-corrected chi connectivity index (χ4v) is 7.21. The van der Waals surface area contributed by atoms with Crippen LogP contribution < -0.4 is 10.1 Å². The number of fused-ring (bicyclic) bond motifs is 1. The van der Waals surface area contributed by atoms with Gasteiger partial charge in [-0.25, -0.2) is 0 Å². The molecule has 2 amide bonds. The minimum Gasteiger partial charge on any atom is -0.494 e. The highest BCUT2D eigenvalue weighted by Crippen LogP contribution is 2.36. The number of rotatable bonds is 14. The lowest BCUT2D eigenvalue weighted by Gasteiger charge is -2.32. The van der Waals surface area contributed by atoms with E-state index in [0.29, 0.717) is 73.2 Å². The number of likely N-dealkylation sites (tertiary alicyclic amines) is 1. The molecule has 0 atom stereocenters. The molecule has 55 heavy (non-hydrogen) atoms. The van der Waals surface area contributed by atoms with Crippen molar-refractivity contribution >= 4 is 34.3 Å². The predicted octanol–water partition coefficient (Wildman–Crippen LogP) is 9.95. The molecule has 0 saturated carbocycles. The number of ether oxygens (including phenoxy) is 2. The van der Waals surface area contributed by atoms with Crippen LogP contribution in [0, 0.1) is 13.8 Å². The van der Waals surface area contributed by atoms with Crippen LogP contribution in [0.2, 0.25) is 0 Å². The molecule has 286 valence electrons. The van der Waals surface area contributed by atoms with Crippen LogP contribution in [-0.4, -0.2) is 57.2 Å². The second-order valence-corrected chi connectivity index (χ2v) is 14.5. The summed E-state index contributed by atoms with van der Waals surface area (Å²) >= 11 is 6.12. The highest BCUT2D eigenvalue weighted by molar-refractivity contribution is 6.31. The predicted molar refractivity (Wildman–Crippen MR) is 221 cm³/mol. The quantitative estimate of drug-likeness (QED) is 0.0667. The van der Waals surface area contributed by atoms with E-state index in [-0.39, 0.29) is 17.9 Å². The van der Waals surface area contributed by atoms with Gasteiger partial charge in [-0.3, -0.25) is 14.3 Å². The van der Waals surface area contributed by atoms with Crippen molar-refractivity contribution in [3.8, 4) is 22.6 Å². The molecule has 0 aliphatic carbocycles. The number of piperidine rings is 1. The molecule has 2 N–H and O–H groups in total. The maximum atomic E-state index is 14.4. The molecule has 2 aromatic heterocycles. The zero-order valence-corrected chi connectivity index (χ0v) is 33.1. The van der Waals surface area contributed by atoms with Crippen molar-refractivity contribution in [2.75, 3.05) is 19.7 Å². The van der Waals surface area contributed by atoms with E-state index in [1.54, 1.807) is 12.1 Å². The van der Waals surface area contributed by atoms with Crippen LogP contribution in [0.3, 0.4) is 0 Å². The van der Waals surface area contributed by atoms with Crippen LogP contribution in [0.25, 0.3) is 22.0 Å². The number of benzene rings is 3. The van der Waals surface area contributed by atoms with Crippen LogP contribution in [-0.2, 0) is 18.2 Å². The van der Waals surface area contributed by atoms with Crippen molar-refractivity contribution in [3.05, 3.63) is 136 Å². The van der Waals surface area contributed by atoms with Gasteiger partial charge in [0, 0.05) is 59.0 Å². The van der Waals surface area contributed by atoms with Gasteiger partial charge in [0.25, 0.3) is 11.8 Å². The molecule has 6 rings (SSSR count). The number of hydrogen-bond donors (Lipinski definition) is 2. The monoisotopic (exact) mass is 759 g/mol. The molecule has 0 radical (unpaired) electrons. The van der Waals surface area contributed by atoms with Gasteiger partial charge >= 0.3 is 0 Å². The van der Waals surface area contributed by atoms with E-state index in [1.165, 1.54) is 0 Å². The lowest BCUT2D eigenvalue weighted by atomic mass is 9.98. The Labute approximate surface area is 328 Å². The Kier molecular flexibility index (Phi) is 12.6. The summed E-state index contributed by atoms with van der Waals surface area (Å²) in [5.74, 6) is 1.85. The van der Waals surface area contributed by atoms with Gasteiger partial charge in [0.15, 0.2) is 0 Å². The third-order valence-electron chi connectivity index (χ3n) is 10.2. The Morgan fingerprint density at radius 3 is 2.45 bits per heavy atom. The summed E-state index contributed by atoms with van der Waals surface area (Å²) < 4.78 is 14.0. The largest absolute Gasteiger partial charge is 0.494 e. The van der Waals surface area contributed by atoms with E-state index in [1.807, 2.05) is 85.1 Å². The van der Waals surface area contributed by atoms with Gasteiger partial charge in [-0.05, 0) is 106 Å². The molecule has 3 heterocycles. The summed E-state index contributed by atoms with van der Waals surface area (Å²) in [4.78, 5) is 33.2. The zero-order valence-electron chi connectivity index (χ0n) is 32.4. The fourth-order valence-electron chi connectivity index (χ4n) is 7.16. The van der Waals surface area contributed by atoms with E-state index in [9.17, 15) is 9.59 Å². The number of nitrogens with zero attached hydrogens (tertiary/aromatic N) is 3. The maximum Gasteiger partial charge on any atom is 0.270 e. The lowest BCUT2D eigenvalue weighted by Crippen LogP contribution is -2.46. The first-order valence-corrected chi connectivity index (χ1v) is 19.3. The highest BCUT2D eigenvalue weighted by atomic mass is 35.5. The summed E-state index contributed by atoms with van der Waals surface area (Å²) in [7, 11) is 1.95. The molecule has 3 aromatic carbocycles. The summed E-state index contributed by atoms with van der Waals surface area (Å²) in [5, 5.41) is 9.35. The molecule has 0 bridgehead atoms. The molecule has 1 fully saturated rings. The van der Waals surface area contributed by atoms with Gasteiger partial charge in [-0.1, -0.05) is 67.6 Å². The average molecular weight is 760 g/mol. The summed E-state index contributed by atoms with van der Waals surface area (Å²) in [6.07, 6.45) is 7.39. The number of carbonyl (C=O) groups is 2. The Morgan fingerprint density at radius 1 is 1.04 bits per heavy atom. The van der Waals surface area contributed by atoms with E-state index in [0.717, 1.165) is 56.7 Å². The zero-order chi connectivity index (χ0) is 39.1. The van der Waals surface area contributed by atoms with Gasteiger partial charge in [0.05, 0.1) is 17.8 Å². The minimum atomic E-state index is -0.160. The number of aryl methyl sites for hydroxylation is 3. The van der Waals surface area contributed by atoms with Crippen molar-refractivity contribution < 1.29 is 19.1 Å². The number of nitrogens with one attached hydrogen (secondary N) is 2. The smallest absolute Gasteiger partial charge is 0.270 e. The Balaban J connectivity index is 1.18. The van der Waals surface area contributed by atoms with Crippen molar-refractivity contribution in [1.29, 1.82) is 0 Å². The van der Waals surface area contributed by atoms with Gasteiger partial charge in [0.2, 0.25) is 0 Å². The van der Waals surface area contributed by atoms with Crippen LogP contribution in [0.1, 0.15) is 77.3 Å². The number of carbonyl (C=O) groups excluding carboxylic acids is 2. The molecule has 1 aliphatic rings. The van der Waals surface area contributed by atoms with Crippen LogP contribution in [0.15, 0.2) is 108 Å². The number of amides is 2. The van der Waals surface area contributed by atoms with Gasteiger partial charge in [-0.2, -0.15) is 5.10 Å². The highest BCUT2D eigenvalue weighted by Gasteiger charge is 2.29. The third-order valence-corrected chi connectivity index (χ3v) is 10.5. The number of allylic oxidation sites excluding steroid dienone is 4. The third kappa shape index (κ3) is 9.23. The number of halogens is 1. The first-order valence-electron chi connectivity index (χ1n) is 19.0. The van der Waals surface area contributed by atoms with Crippen LogP contribution in [0.4, 0.5) is 0 Å². The molecular weight excluding hydrogens is 710 g/mol. The number of H-pyrrole nitrogens is 1. The summed E-state index contributed by atoms with van der Waals surface area (Å²) in [6.45, 7) is 13.4. The standard InChI is InChI=1S/C45H50ClN5O4/c1-7-14-36(27-29(2)30(3)46)54-26-13-21-39-38-19-12-20-40(41-31(4)49-50(6)32(41)5)42(38)48-43(39)45(53)51-24-22-34(23-25-51)47-44(52)33-15-11-18-37(28-33)55-35-16-9-8-10-17-35/h8-12,14-20,27-28,34,48H,3,7,13,21-26H2,1-2,4-6H3,(H,47,52)/b29-27-,36-14+. The first-order chi connectivity index (χ1) is 26.5. The van der Waals surface area contributed by atoms with Crippen LogP contribution >= 0.6 is 11.6 Å². The van der Waals surface area contributed by atoms with E-state index in [4.69, 9.17) is 21.1 Å². The second kappa shape index (κ2) is 17.7. The topological polar surface area (TPSA) is 101 Å². The average Bonchev–Trinajstić information content (AvgIpc) is 3.68. The van der Waals surface area contributed by atoms with E-state index in [2.05, 4.69) is 54.0 Å². The van der Waals surface area contributed by atoms with Crippen molar-refractivity contribution in [2.24, 2.45) is 7.05 Å². The Morgan fingerprint density at radius 2 is 1.76 bits per heavy atom. The maximum absolute atomic E-state index is 14.4. The normalized spacial score (nSPS) is 14.0. The number of hydrogen-bond acceptors (Lipinski definition) is 5. The second-order valence-electron chi connectivity index (χ2n) is 14.1. The molecule has 0 unspecified atom stereocenters. The fraction of sp³-hybridized carbons (Fsp3) is 0.311. The molecule has 5 aromatic rings. The minimum absolute atomic E-state index is 0.0426. The summed E-state index contributed by atoms with van der Waals surface area (Å²) in [6, 6.07) is 22.9. The van der Waals surface area contributed by atoms with Crippen molar-refractivity contribution in [2.45, 2.75) is 65.8 Å². The summed E-state index contributed by atoms with van der Waals surface area (Å²) in [5.41, 5.74) is 7.95. The molecule has 1 saturated heterocycles. The number of aromatic amines is 1. The van der Waals surface area contributed by atoms with E-state index >= 15 is 0 Å². The molecular formula is C45H50ClN5O4. The van der Waals surface area contributed by atoms with Gasteiger partial charge in [-0.15, -0.1) is 0 Å². The van der Waals surface area contributed by atoms with Crippen molar-refractivity contribution in [3.63, 3.8) is 0 Å². The molecule has 0 spiro atoms.